The van der Waals surface area contributed by atoms with Crippen molar-refractivity contribution >= 4 is 17.5 Å². The summed E-state index contributed by atoms with van der Waals surface area (Å²) in [6, 6.07) is 6.40. The summed E-state index contributed by atoms with van der Waals surface area (Å²) < 4.78 is 2.02. The topological polar surface area (TPSA) is 77.2 Å². The minimum absolute atomic E-state index is 0.143. The largest absolute Gasteiger partial charge is 0.352 e. The maximum absolute atomic E-state index is 12.4. The van der Waals surface area contributed by atoms with Crippen LogP contribution in [0.4, 0.5) is 0 Å². The zero-order valence-corrected chi connectivity index (χ0v) is 13.9. The third-order valence-electron chi connectivity index (χ3n) is 3.47. The first-order chi connectivity index (χ1) is 10.9. The first-order valence-corrected chi connectivity index (χ1v) is 7.54. The number of nitrogens with zero attached hydrogens (tertiary/aromatic N) is 4. The molecular formula is C15H17ClN4O3. The van der Waals surface area contributed by atoms with Crippen LogP contribution < -0.4 is 11.2 Å². The fourth-order valence-electron chi connectivity index (χ4n) is 2.00. The Morgan fingerprint density at radius 1 is 1.22 bits per heavy atom. The highest BCUT2D eigenvalue weighted by atomic mass is 35.5. The van der Waals surface area contributed by atoms with Crippen LogP contribution in [0.2, 0.25) is 5.02 Å². The quantitative estimate of drug-likeness (QED) is 0.839. The van der Waals surface area contributed by atoms with E-state index in [0.717, 1.165) is 9.25 Å². The molecule has 0 radical (unpaired) electrons. The monoisotopic (exact) mass is 336 g/mol. The molecule has 0 spiro atoms. The molecule has 0 atom stereocenters. The van der Waals surface area contributed by atoms with Crippen molar-refractivity contribution in [2.45, 2.75) is 20.4 Å². The lowest BCUT2D eigenvalue weighted by molar-refractivity contribution is 0.0791. The van der Waals surface area contributed by atoms with Crippen LogP contribution in [0.25, 0.3) is 5.69 Å². The van der Waals surface area contributed by atoms with Crippen molar-refractivity contribution in [2.24, 2.45) is 0 Å². The SMILES string of the molecule is CCN(C)C(=O)c1nn(-c2ccc(Cl)cc2)c(=O)n(CC)c1=O. The van der Waals surface area contributed by atoms with E-state index >= 15 is 0 Å². The van der Waals surface area contributed by atoms with Gasteiger partial charge in [-0.05, 0) is 38.1 Å². The Kier molecular flexibility index (Phi) is 5.00. The van der Waals surface area contributed by atoms with E-state index < -0.39 is 17.2 Å². The molecule has 0 saturated carbocycles. The van der Waals surface area contributed by atoms with E-state index in [0.29, 0.717) is 17.3 Å². The van der Waals surface area contributed by atoms with E-state index in [1.54, 1.807) is 45.2 Å². The Labute approximate surface area is 137 Å². The van der Waals surface area contributed by atoms with Crippen LogP contribution in [0.5, 0.6) is 0 Å². The highest BCUT2D eigenvalue weighted by molar-refractivity contribution is 6.30. The van der Waals surface area contributed by atoms with E-state index in [1.165, 1.54) is 4.90 Å². The van der Waals surface area contributed by atoms with Gasteiger partial charge in [-0.15, -0.1) is 0 Å². The van der Waals surface area contributed by atoms with Gasteiger partial charge in [-0.25, -0.2) is 4.79 Å². The van der Waals surface area contributed by atoms with Gasteiger partial charge in [0, 0.05) is 25.2 Å². The molecule has 23 heavy (non-hydrogen) atoms. The number of amides is 1. The minimum Gasteiger partial charge on any atom is -0.340 e. The molecule has 0 unspecified atom stereocenters. The molecule has 0 aliphatic heterocycles. The Bertz CT molecular complexity index is 839. The predicted molar refractivity (Wildman–Crippen MR) is 87.4 cm³/mol. The molecule has 0 aliphatic carbocycles. The van der Waals surface area contributed by atoms with Crippen molar-refractivity contribution in [2.75, 3.05) is 13.6 Å². The van der Waals surface area contributed by atoms with Crippen LogP contribution in [0, 0.1) is 0 Å². The maximum Gasteiger partial charge on any atom is 0.352 e. The van der Waals surface area contributed by atoms with E-state index in [9.17, 15) is 14.4 Å². The molecule has 2 rings (SSSR count). The van der Waals surface area contributed by atoms with Crippen molar-refractivity contribution in [1.82, 2.24) is 19.2 Å². The van der Waals surface area contributed by atoms with Gasteiger partial charge in [0.25, 0.3) is 11.5 Å². The fraction of sp³-hybridized carbons (Fsp3) is 0.333. The van der Waals surface area contributed by atoms with Crippen molar-refractivity contribution in [1.29, 1.82) is 0 Å². The van der Waals surface area contributed by atoms with Gasteiger partial charge < -0.3 is 4.90 Å². The average Bonchev–Trinajstić information content (AvgIpc) is 2.55. The van der Waals surface area contributed by atoms with E-state index in [1.807, 2.05) is 0 Å². The molecule has 7 nitrogen and oxygen atoms in total. The molecule has 0 aliphatic rings. The maximum atomic E-state index is 12.4. The zero-order chi connectivity index (χ0) is 17.1. The number of benzene rings is 1. The summed E-state index contributed by atoms with van der Waals surface area (Å²) in [6.07, 6.45) is 0. The van der Waals surface area contributed by atoms with Gasteiger partial charge in [-0.1, -0.05) is 11.6 Å². The Balaban J connectivity index is 2.73. The molecule has 122 valence electrons. The molecule has 0 bridgehead atoms. The predicted octanol–water partition coefficient (Wildman–Crippen LogP) is 1.16. The smallest absolute Gasteiger partial charge is 0.340 e. The molecule has 1 aromatic carbocycles. The van der Waals surface area contributed by atoms with Crippen LogP contribution in [-0.4, -0.2) is 38.7 Å². The second-order valence-electron chi connectivity index (χ2n) is 4.89. The molecule has 1 aromatic heterocycles. The number of rotatable bonds is 4. The Morgan fingerprint density at radius 2 is 1.83 bits per heavy atom. The Morgan fingerprint density at radius 3 is 2.35 bits per heavy atom. The van der Waals surface area contributed by atoms with Gasteiger partial charge in [0.1, 0.15) is 0 Å². The van der Waals surface area contributed by atoms with Gasteiger partial charge in [0.2, 0.25) is 5.69 Å². The van der Waals surface area contributed by atoms with Crippen LogP contribution in [0.3, 0.4) is 0 Å². The summed E-state index contributed by atoms with van der Waals surface area (Å²) >= 11 is 5.84. The third kappa shape index (κ3) is 3.19. The number of hydrogen-bond acceptors (Lipinski definition) is 4. The standard InChI is InChI=1S/C15H17ClN4O3/c1-4-18(3)13(21)12-14(22)19(5-2)15(23)20(17-12)11-8-6-10(16)7-9-11/h6-9H,4-5H2,1-3H3. The number of aromatic nitrogens is 3. The van der Waals surface area contributed by atoms with Gasteiger partial charge in [0.05, 0.1) is 5.69 Å². The summed E-state index contributed by atoms with van der Waals surface area (Å²) in [6.45, 7) is 4.01. The van der Waals surface area contributed by atoms with E-state index in [4.69, 9.17) is 11.6 Å². The molecule has 1 amide bonds. The number of halogens is 1. The lowest BCUT2D eigenvalue weighted by Crippen LogP contribution is -2.45. The van der Waals surface area contributed by atoms with Crippen molar-refractivity contribution < 1.29 is 4.79 Å². The summed E-state index contributed by atoms with van der Waals surface area (Å²) in [7, 11) is 1.57. The summed E-state index contributed by atoms with van der Waals surface area (Å²) in [4.78, 5) is 38.5. The second-order valence-corrected chi connectivity index (χ2v) is 5.32. The first kappa shape index (κ1) is 17.0. The molecule has 1 heterocycles. The minimum atomic E-state index is -0.687. The molecule has 0 fully saturated rings. The average molecular weight is 337 g/mol. The molecule has 0 N–H and O–H groups in total. The van der Waals surface area contributed by atoms with Crippen LogP contribution in [0.1, 0.15) is 24.3 Å². The van der Waals surface area contributed by atoms with Gasteiger partial charge >= 0.3 is 5.69 Å². The van der Waals surface area contributed by atoms with Gasteiger partial charge in [-0.2, -0.15) is 9.78 Å². The zero-order valence-electron chi connectivity index (χ0n) is 13.1. The molecule has 2 aromatic rings. The van der Waals surface area contributed by atoms with Gasteiger partial charge in [-0.3, -0.25) is 14.2 Å². The molecule has 8 heteroatoms. The van der Waals surface area contributed by atoms with Crippen LogP contribution in [-0.2, 0) is 6.54 Å². The number of carbonyl (C=O) groups is 1. The normalized spacial score (nSPS) is 10.6. The van der Waals surface area contributed by atoms with Crippen molar-refractivity contribution in [3.8, 4) is 5.69 Å². The Hall–Kier alpha value is -2.41. The highest BCUT2D eigenvalue weighted by Gasteiger charge is 2.21. The lowest BCUT2D eigenvalue weighted by atomic mass is 10.3. The fourth-order valence-corrected chi connectivity index (χ4v) is 2.13. The summed E-state index contributed by atoms with van der Waals surface area (Å²) in [5, 5.41) is 4.49. The highest BCUT2D eigenvalue weighted by Crippen LogP contribution is 2.11. The lowest BCUT2D eigenvalue weighted by Gasteiger charge is -2.15. The first-order valence-electron chi connectivity index (χ1n) is 7.16. The van der Waals surface area contributed by atoms with Crippen molar-refractivity contribution in [3.63, 3.8) is 0 Å². The third-order valence-corrected chi connectivity index (χ3v) is 3.72. The van der Waals surface area contributed by atoms with Gasteiger partial charge in [0.15, 0.2) is 0 Å². The number of hydrogen-bond donors (Lipinski definition) is 0. The number of carbonyl (C=O) groups excluding carboxylic acids is 1. The summed E-state index contributed by atoms with van der Waals surface area (Å²) in [5.74, 6) is -0.526. The molecular weight excluding hydrogens is 320 g/mol. The van der Waals surface area contributed by atoms with E-state index in [2.05, 4.69) is 5.10 Å². The molecule has 0 saturated heterocycles. The van der Waals surface area contributed by atoms with Crippen LogP contribution >= 0.6 is 11.6 Å². The van der Waals surface area contributed by atoms with E-state index in [-0.39, 0.29) is 12.2 Å². The van der Waals surface area contributed by atoms with Crippen LogP contribution in [0.15, 0.2) is 33.9 Å². The second kappa shape index (κ2) is 6.78. The van der Waals surface area contributed by atoms with Crippen molar-refractivity contribution in [3.05, 3.63) is 55.8 Å². The summed E-state index contributed by atoms with van der Waals surface area (Å²) in [5.41, 5.74) is -1.15.